The third kappa shape index (κ3) is 3.19. The summed E-state index contributed by atoms with van der Waals surface area (Å²) in [5, 5.41) is 4.02. The number of halogens is 1. The van der Waals surface area contributed by atoms with Crippen LogP contribution in [0.2, 0.25) is 0 Å². The summed E-state index contributed by atoms with van der Waals surface area (Å²) in [6.07, 6.45) is -0.175. The van der Waals surface area contributed by atoms with Gasteiger partial charge in [-0.15, -0.1) is 0 Å². The van der Waals surface area contributed by atoms with Crippen molar-refractivity contribution < 1.29 is 9.26 Å². The highest BCUT2D eigenvalue weighted by molar-refractivity contribution is 9.10. The van der Waals surface area contributed by atoms with Gasteiger partial charge in [-0.3, -0.25) is 0 Å². The molecule has 1 aromatic carbocycles. The maximum Gasteiger partial charge on any atom is 0.260 e. The summed E-state index contributed by atoms with van der Waals surface area (Å²) in [4.78, 5) is 4.42. The van der Waals surface area contributed by atoms with Crippen molar-refractivity contribution in [2.24, 2.45) is 5.92 Å². The molecule has 1 heterocycles. The van der Waals surface area contributed by atoms with E-state index in [0.29, 0.717) is 24.0 Å². The fourth-order valence-electron chi connectivity index (χ4n) is 1.92. The molecule has 0 radical (unpaired) electrons. The summed E-state index contributed by atoms with van der Waals surface area (Å²) < 4.78 is 11.9. The highest BCUT2D eigenvalue weighted by Gasteiger charge is 2.23. The van der Waals surface area contributed by atoms with Crippen LogP contribution >= 0.6 is 15.9 Å². The van der Waals surface area contributed by atoms with Crippen molar-refractivity contribution in [1.29, 1.82) is 0 Å². The molecule has 0 amide bonds. The van der Waals surface area contributed by atoms with Gasteiger partial charge in [0.25, 0.3) is 5.89 Å². The summed E-state index contributed by atoms with van der Waals surface area (Å²) in [5.41, 5.74) is 7.26. The molecule has 0 spiro atoms. The molecular weight excluding hydrogens is 322 g/mol. The molecule has 0 aliphatic heterocycles. The van der Waals surface area contributed by atoms with Crippen LogP contribution in [0.5, 0.6) is 0 Å². The second kappa shape index (κ2) is 6.37. The van der Waals surface area contributed by atoms with Gasteiger partial charge in [0.1, 0.15) is 6.10 Å². The van der Waals surface area contributed by atoms with Crippen molar-refractivity contribution in [2.45, 2.75) is 26.9 Å². The molecule has 0 saturated carbocycles. The van der Waals surface area contributed by atoms with Gasteiger partial charge in [0, 0.05) is 16.8 Å². The number of nitrogen functional groups attached to an aromatic ring is 1. The molecule has 5 nitrogen and oxygen atoms in total. The molecule has 108 valence electrons. The van der Waals surface area contributed by atoms with Gasteiger partial charge in [-0.25, -0.2) is 0 Å². The van der Waals surface area contributed by atoms with Crippen LogP contribution in [0.25, 0.3) is 11.5 Å². The largest absolute Gasteiger partial charge is 0.398 e. The molecule has 0 fully saturated rings. The fourth-order valence-corrected chi connectivity index (χ4v) is 2.28. The lowest BCUT2D eigenvalue weighted by atomic mass is 10.1. The van der Waals surface area contributed by atoms with Gasteiger partial charge in [0.2, 0.25) is 5.82 Å². The number of ether oxygens (including phenoxy) is 1. The maximum atomic E-state index is 5.95. The van der Waals surface area contributed by atoms with E-state index in [1.165, 1.54) is 0 Å². The second-order valence-electron chi connectivity index (χ2n) is 4.81. The van der Waals surface area contributed by atoms with Crippen molar-refractivity contribution in [3.8, 4) is 11.5 Å². The van der Waals surface area contributed by atoms with Crippen molar-refractivity contribution in [3.63, 3.8) is 0 Å². The lowest BCUT2D eigenvalue weighted by molar-refractivity contribution is 0.0217. The molecule has 0 aliphatic carbocycles. The van der Waals surface area contributed by atoms with Crippen LogP contribution < -0.4 is 5.73 Å². The quantitative estimate of drug-likeness (QED) is 0.838. The Kier molecular flexibility index (Phi) is 4.77. The summed E-state index contributed by atoms with van der Waals surface area (Å²) in [5.74, 6) is 1.22. The molecule has 1 unspecified atom stereocenters. The maximum absolute atomic E-state index is 5.95. The Morgan fingerprint density at radius 1 is 1.40 bits per heavy atom. The van der Waals surface area contributed by atoms with Gasteiger partial charge in [-0.2, -0.15) is 4.98 Å². The zero-order chi connectivity index (χ0) is 14.7. The molecular formula is C14H18BrN3O2. The van der Waals surface area contributed by atoms with E-state index in [1.54, 1.807) is 6.07 Å². The minimum atomic E-state index is -0.175. The summed E-state index contributed by atoms with van der Waals surface area (Å²) in [7, 11) is 0. The average Bonchev–Trinajstić information content (AvgIpc) is 2.87. The SMILES string of the molecule is CCOC(c1noc(-c2cc(Br)ccc2N)n1)C(C)C. The highest BCUT2D eigenvalue weighted by Crippen LogP contribution is 2.30. The van der Waals surface area contributed by atoms with E-state index < -0.39 is 0 Å². The molecule has 20 heavy (non-hydrogen) atoms. The van der Waals surface area contributed by atoms with Crippen molar-refractivity contribution in [1.82, 2.24) is 10.1 Å². The molecule has 1 aromatic heterocycles. The first kappa shape index (κ1) is 15.0. The van der Waals surface area contributed by atoms with Crippen LogP contribution in [0.4, 0.5) is 5.69 Å². The summed E-state index contributed by atoms with van der Waals surface area (Å²) in [6, 6.07) is 5.52. The second-order valence-corrected chi connectivity index (χ2v) is 5.72. The summed E-state index contributed by atoms with van der Waals surface area (Å²) in [6.45, 7) is 6.67. The Morgan fingerprint density at radius 3 is 2.80 bits per heavy atom. The average molecular weight is 340 g/mol. The molecule has 0 bridgehead atoms. The predicted octanol–water partition coefficient (Wildman–Crippen LogP) is 3.81. The Morgan fingerprint density at radius 2 is 2.15 bits per heavy atom. The fraction of sp³-hybridized carbons (Fsp3) is 0.429. The number of anilines is 1. The first-order chi connectivity index (χ1) is 9.52. The number of hydrogen-bond donors (Lipinski definition) is 1. The van der Waals surface area contributed by atoms with Gasteiger partial charge >= 0.3 is 0 Å². The zero-order valence-electron chi connectivity index (χ0n) is 11.8. The molecule has 2 rings (SSSR count). The topological polar surface area (TPSA) is 74.2 Å². The van der Waals surface area contributed by atoms with Crippen molar-refractivity contribution in [3.05, 3.63) is 28.5 Å². The lowest BCUT2D eigenvalue weighted by Crippen LogP contribution is -2.12. The molecule has 0 aliphatic rings. The smallest absolute Gasteiger partial charge is 0.260 e. The summed E-state index contributed by atoms with van der Waals surface area (Å²) >= 11 is 3.41. The molecule has 1 atom stereocenters. The molecule has 6 heteroatoms. The number of rotatable bonds is 5. The first-order valence-electron chi connectivity index (χ1n) is 6.53. The third-order valence-corrected chi connectivity index (χ3v) is 3.39. The molecule has 2 N–H and O–H groups in total. The normalized spacial score (nSPS) is 12.8. The molecule has 0 saturated heterocycles. The van der Waals surface area contributed by atoms with Gasteiger partial charge < -0.3 is 15.0 Å². The van der Waals surface area contributed by atoms with E-state index in [9.17, 15) is 0 Å². The van der Waals surface area contributed by atoms with E-state index in [2.05, 4.69) is 39.9 Å². The Bertz CT molecular complexity index is 584. The third-order valence-electron chi connectivity index (χ3n) is 2.89. The van der Waals surface area contributed by atoms with Gasteiger partial charge in [0.05, 0.1) is 5.56 Å². The first-order valence-corrected chi connectivity index (χ1v) is 7.32. The number of aromatic nitrogens is 2. The number of benzene rings is 1. The Hall–Kier alpha value is -1.40. The van der Waals surface area contributed by atoms with Crippen LogP contribution in [0.3, 0.4) is 0 Å². The standard InChI is InChI=1S/C14H18BrN3O2/c1-4-19-12(8(2)3)13-17-14(20-18-13)10-7-9(15)5-6-11(10)16/h5-8,12H,4,16H2,1-3H3. The monoisotopic (exact) mass is 339 g/mol. The van der Waals surface area contributed by atoms with Crippen LogP contribution in [-0.4, -0.2) is 16.7 Å². The van der Waals surface area contributed by atoms with Gasteiger partial charge in [0.15, 0.2) is 0 Å². The van der Waals surface area contributed by atoms with E-state index in [1.807, 2.05) is 19.1 Å². The van der Waals surface area contributed by atoms with Crippen molar-refractivity contribution >= 4 is 21.6 Å². The minimum absolute atomic E-state index is 0.175. The number of nitrogens with zero attached hydrogens (tertiary/aromatic N) is 2. The zero-order valence-corrected chi connectivity index (χ0v) is 13.3. The van der Waals surface area contributed by atoms with Gasteiger partial charge in [-0.05, 0) is 31.0 Å². The minimum Gasteiger partial charge on any atom is -0.398 e. The van der Waals surface area contributed by atoms with Crippen molar-refractivity contribution in [2.75, 3.05) is 12.3 Å². The van der Waals surface area contributed by atoms with E-state index in [0.717, 1.165) is 10.0 Å². The molecule has 2 aromatic rings. The Balaban J connectivity index is 2.34. The number of hydrogen-bond acceptors (Lipinski definition) is 5. The van der Waals surface area contributed by atoms with Crippen LogP contribution in [-0.2, 0) is 4.74 Å². The van der Waals surface area contributed by atoms with Crippen LogP contribution in [0.15, 0.2) is 27.2 Å². The van der Waals surface area contributed by atoms with Crippen LogP contribution in [0.1, 0.15) is 32.7 Å². The van der Waals surface area contributed by atoms with Crippen LogP contribution in [0, 0.1) is 5.92 Å². The van der Waals surface area contributed by atoms with Gasteiger partial charge in [-0.1, -0.05) is 34.9 Å². The predicted molar refractivity (Wildman–Crippen MR) is 81.1 cm³/mol. The lowest BCUT2D eigenvalue weighted by Gasteiger charge is -2.16. The number of nitrogens with two attached hydrogens (primary N) is 1. The van der Waals surface area contributed by atoms with E-state index in [4.69, 9.17) is 15.0 Å². The van der Waals surface area contributed by atoms with E-state index >= 15 is 0 Å². The Labute approximate surface area is 126 Å². The van der Waals surface area contributed by atoms with E-state index in [-0.39, 0.29) is 12.0 Å². The highest BCUT2D eigenvalue weighted by atomic mass is 79.9.